The zero-order valence-electron chi connectivity index (χ0n) is 28.3. The highest BCUT2D eigenvalue weighted by Crippen LogP contribution is 2.60. The molecule has 0 spiro atoms. The van der Waals surface area contributed by atoms with Gasteiger partial charge in [0.05, 0.1) is 11.9 Å². The summed E-state index contributed by atoms with van der Waals surface area (Å²) >= 11 is 0. The molecule has 4 fully saturated rings. The number of hydrogen-bond donors (Lipinski definition) is 1. The van der Waals surface area contributed by atoms with Crippen LogP contribution in [0.15, 0.2) is 78.9 Å². The summed E-state index contributed by atoms with van der Waals surface area (Å²) in [5, 5.41) is 3.03. The number of hydrogen-bond acceptors (Lipinski definition) is 4. The average Bonchev–Trinajstić information content (AvgIpc) is 3.05. The molecule has 0 aliphatic heterocycles. The lowest BCUT2D eigenvalue weighted by Crippen LogP contribution is -2.54. The molecule has 4 bridgehead atoms. The van der Waals surface area contributed by atoms with Gasteiger partial charge in [-0.15, -0.1) is 0 Å². The van der Waals surface area contributed by atoms with Crippen molar-refractivity contribution in [1.82, 2.24) is 10.2 Å². The average molecular weight is 674 g/mol. The van der Waals surface area contributed by atoms with E-state index in [1.165, 1.54) is 61.1 Å². The van der Waals surface area contributed by atoms with E-state index in [0.717, 1.165) is 33.9 Å². The molecule has 4 aliphatic carbocycles. The van der Waals surface area contributed by atoms with Gasteiger partial charge < -0.3 is 10.2 Å². The first-order valence-corrected chi connectivity index (χ1v) is 19.2. The minimum absolute atomic E-state index is 0.00704. The summed E-state index contributed by atoms with van der Waals surface area (Å²) in [6.45, 7) is 3.41. The first kappa shape index (κ1) is 34.2. The maximum absolute atomic E-state index is 14.4. The Morgan fingerprint density at radius 2 is 1.46 bits per heavy atom. The third kappa shape index (κ3) is 7.61. The second-order valence-electron chi connectivity index (χ2n) is 14.7. The van der Waals surface area contributed by atoms with Crippen LogP contribution in [0.25, 0.3) is 0 Å². The monoisotopic (exact) mass is 673 g/mol. The Bertz CT molecular complexity index is 1660. The van der Waals surface area contributed by atoms with E-state index in [-0.39, 0.29) is 30.3 Å². The number of sulfonamides is 1. The van der Waals surface area contributed by atoms with Gasteiger partial charge in [-0.25, -0.2) is 12.8 Å². The van der Waals surface area contributed by atoms with Crippen LogP contribution in [0.4, 0.5) is 10.1 Å². The lowest BCUT2D eigenvalue weighted by atomic mass is 9.48. The summed E-state index contributed by atoms with van der Waals surface area (Å²) in [4.78, 5) is 29.7. The molecule has 7 nitrogen and oxygen atoms in total. The number of carbonyl (C=O) groups is 2. The molecule has 3 aromatic carbocycles. The van der Waals surface area contributed by atoms with Crippen molar-refractivity contribution in [3.63, 3.8) is 0 Å². The lowest BCUT2D eigenvalue weighted by molar-refractivity contribution is -0.140. The number of nitrogens with one attached hydrogen (secondary N) is 1. The predicted molar refractivity (Wildman–Crippen MR) is 187 cm³/mol. The zero-order valence-corrected chi connectivity index (χ0v) is 29.1. The van der Waals surface area contributed by atoms with Gasteiger partial charge in [-0.2, -0.15) is 0 Å². The van der Waals surface area contributed by atoms with Crippen LogP contribution in [0.1, 0.15) is 75.5 Å². The molecule has 2 atom stereocenters. The topological polar surface area (TPSA) is 86.8 Å². The van der Waals surface area contributed by atoms with Gasteiger partial charge in [0.25, 0.3) is 0 Å². The van der Waals surface area contributed by atoms with E-state index in [1.54, 1.807) is 12.1 Å². The maximum atomic E-state index is 14.4. The highest BCUT2D eigenvalue weighted by molar-refractivity contribution is 7.92. The largest absolute Gasteiger partial charge is 0.352 e. The minimum atomic E-state index is -3.87. The molecule has 1 N–H and O–H groups in total. The standard InChI is InChI=1S/C39H48FN3O4S/c1-4-27(2)41-38(45)36(21-28-8-6-5-7-9-28)42(25-29-10-14-34(40)15-11-29)37(44)26-43(48(3,46)47)35-16-12-33(13-17-35)39-22-30-18-31(23-39)20-32(19-30)24-39/h5-17,27,30-32,36H,4,18-26H2,1-3H3,(H,41,45)/t27-,30?,31?,32?,36+,39?/m1/s1. The number of amides is 2. The molecular weight excluding hydrogens is 626 g/mol. The third-order valence-electron chi connectivity index (χ3n) is 11.0. The van der Waals surface area contributed by atoms with Crippen molar-refractivity contribution in [3.05, 3.63) is 101 Å². The summed E-state index contributed by atoms with van der Waals surface area (Å²) in [7, 11) is -3.87. The van der Waals surface area contributed by atoms with Crippen LogP contribution < -0.4 is 9.62 Å². The molecule has 0 aromatic heterocycles. The normalized spacial score (nSPS) is 24.1. The van der Waals surface area contributed by atoms with Crippen molar-refractivity contribution in [1.29, 1.82) is 0 Å². The SMILES string of the molecule is CC[C@@H](C)NC(=O)[C@H](Cc1ccccc1)N(Cc1ccc(F)cc1)C(=O)CN(c1ccc(C23CC4CC(CC(C4)C2)C3)cc1)S(C)(=O)=O. The van der Waals surface area contributed by atoms with Crippen LogP contribution in [0.3, 0.4) is 0 Å². The van der Waals surface area contributed by atoms with Crippen LogP contribution in [-0.4, -0.2) is 50.0 Å². The molecule has 4 saturated carbocycles. The Hall–Kier alpha value is -3.72. The van der Waals surface area contributed by atoms with Crippen molar-refractivity contribution in [2.45, 2.75) is 89.3 Å². The van der Waals surface area contributed by atoms with Crippen molar-refractivity contribution >= 4 is 27.5 Å². The number of carbonyl (C=O) groups excluding carboxylic acids is 2. The van der Waals surface area contributed by atoms with Crippen LogP contribution >= 0.6 is 0 Å². The molecule has 4 aliphatic rings. The summed E-state index contributed by atoms with van der Waals surface area (Å²) in [5.74, 6) is 1.11. The van der Waals surface area contributed by atoms with Crippen LogP contribution in [0, 0.1) is 23.6 Å². The van der Waals surface area contributed by atoms with E-state index in [9.17, 15) is 22.4 Å². The lowest BCUT2D eigenvalue weighted by Gasteiger charge is -2.57. The Labute approximate surface area is 285 Å². The highest BCUT2D eigenvalue weighted by Gasteiger charge is 2.51. The van der Waals surface area contributed by atoms with Gasteiger partial charge in [-0.1, -0.05) is 61.5 Å². The number of anilines is 1. The number of nitrogens with zero attached hydrogens (tertiary/aromatic N) is 2. The smallest absolute Gasteiger partial charge is 0.244 e. The van der Waals surface area contributed by atoms with Crippen molar-refractivity contribution in [2.75, 3.05) is 17.1 Å². The number of benzene rings is 3. The van der Waals surface area contributed by atoms with Gasteiger partial charge in [0.2, 0.25) is 21.8 Å². The molecule has 2 amide bonds. The molecule has 0 saturated heterocycles. The van der Waals surface area contributed by atoms with Gasteiger partial charge >= 0.3 is 0 Å². The van der Waals surface area contributed by atoms with Crippen LogP contribution in [0.5, 0.6) is 0 Å². The summed E-state index contributed by atoms with van der Waals surface area (Å²) in [6, 6.07) is 22.0. The van der Waals surface area contributed by atoms with E-state index in [0.29, 0.717) is 17.7 Å². The molecular formula is C39H48FN3O4S. The van der Waals surface area contributed by atoms with Gasteiger partial charge in [-0.3, -0.25) is 13.9 Å². The molecule has 3 aromatic rings. The van der Waals surface area contributed by atoms with Gasteiger partial charge in [0.1, 0.15) is 18.4 Å². The number of halogens is 1. The van der Waals surface area contributed by atoms with Crippen LogP contribution in [0.2, 0.25) is 0 Å². The second kappa shape index (κ2) is 14.0. The predicted octanol–water partition coefficient (Wildman–Crippen LogP) is 6.61. The molecule has 0 heterocycles. The Kier molecular flexibility index (Phi) is 9.98. The molecule has 256 valence electrons. The van der Waals surface area contributed by atoms with Gasteiger partial charge in [0, 0.05) is 19.0 Å². The summed E-state index contributed by atoms with van der Waals surface area (Å²) < 4.78 is 41.6. The Morgan fingerprint density at radius 1 is 0.875 bits per heavy atom. The first-order valence-electron chi connectivity index (χ1n) is 17.4. The van der Waals surface area contributed by atoms with E-state index < -0.39 is 34.3 Å². The van der Waals surface area contributed by atoms with Gasteiger partial charge in [0.15, 0.2) is 0 Å². The second-order valence-corrected chi connectivity index (χ2v) is 16.6. The van der Waals surface area contributed by atoms with E-state index in [2.05, 4.69) is 17.4 Å². The zero-order chi connectivity index (χ0) is 34.1. The van der Waals surface area contributed by atoms with Crippen molar-refractivity contribution < 1.29 is 22.4 Å². The van der Waals surface area contributed by atoms with Crippen LogP contribution in [-0.2, 0) is 38.0 Å². The highest BCUT2D eigenvalue weighted by atomic mass is 32.2. The molecule has 48 heavy (non-hydrogen) atoms. The summed E-state index contributed by atoms with van der Waals surface area (Å²) in [6.07, 6.45) is 9.68. The quantitative estimate of drug-likeness (QED) is 0.221. The first-order chi connectivity index (χ1) is 22.9. The van der Waals surface area contributed by atoms with E-state index >= 15 is 0 Å². The van der Waals surface area contributed by atoms with Gasteiger partial charge in [-0.05, 0) is 116 Å². The summed E-state index contributed by atoms with van der Waals surface area (Å²) in [5.41, 5.74) is 3.35. The molecule has 7 rings (SSSR count). The minimum Gasteiger partial charge on any atom is -0.352 e. The van der Waals surface area contributed by atoms with Crippen molar-refractivity contribution in [2.24, 2.45) is 17.8 Å². The van der Waals surface area contributed by atoms with E-state index in [4.69, 9.17) is 0 Å². The maximum Gasteiger partial charge on any atom is 0.244 e. The molecule has 0 radical (unpaired) electrons. The Balaban J connectivity index is 1.30. The van der Waals surface area contributed by atoms with Crippen molar-refractivity contribution in [3.8, 4) is 0 Å². The molecule has 9 heteroatoms. The molecule has 0 unspecified atom stereocenters. The Morgan fingerprint density at radius 3 is 2.00 bits per heavy atom. The fourth-order valence-corrected chi connectivity index (χ4v) is 9.69. The van der Waals surface area contributed by atoms with E-state index in [1.807, 2.05) is 56.3 Å². The third-order valence-corrected chi connectivity index (χ3v) is 12.2. The number of rotatable bonds is 13. The fraction of sp³-hybridized carbons (Fsp3) is 0.487. The fourth-order valence-electron chi connectivity index (χ4n) is 8.84.